The summed E-state index contributed by atoms with van der Waals surface area (Å²) in [5.74, 6) is -0.552. The summed E-state index contributed by atoms with van der Waals surface area (Å²) in [6.45, 7) is -1.43. The van der Waals surface area contributed by atoms with Crippen molar-refractivity contribution in [1.82, 2.24) is 0 Å². The predicted molar refractivity (Wildman–Crippen MR) is 67.6 cm³/mol. The van der Waals surface area contributed by atoms with Crippen LogP contribution in [-0.4, -0.2) is 18.6 Å². The van der Waals surface area contributed by atoms with E-state index in [0.717, 1.165) is 0 Å². The van der Waals surface area contributed by atoms with E-state index >= 15 is 0 Å². The highest BCUT2D eigenvalue weighted by Gasteiger charge is 2.11. The van der Waals surface area contributed by atoms with Gasteiger partial charge in [0, 0.05) is 5.69 Å². The first-order valence-electron chi connectivity index (χ1n) is 4.71. The molecule has 0 bridgehead atoms. The van der Waals surface area contributed by atoms with Crippen LogP contribution in [0.25, 0.3) is 0 Å². The number of carbonyl (C=O) groups is 1. The molecule has 0 aromatic heterocycles. The van der Waals surface area contributed by atoms with E-state index < -0.39 is 18.6 Å². The van der Waals surface area contributed by atoms with Crippen LogP contribution in [0.4, 0.5) is 14.5 Å². The first-order chi connectivity index (χ1) is 7.90. The number of alkyl halides is 2. The quantitative estimate of drug-likeness (QED) is 0.898. The van der Waals surface area contributed by atoms with Crippen LogP contribution in [0.5, 0.6) is 5.75 Å². The van der Waals surface area contributed by atoms with Gasteiger partial charge in [0.1, 0.15) is 5.75 Å². The van der Waals surface area contributed by atoms with Gasteiger partial charge in [0.05, 0.1) is 11.1 Å². The molecule has 0 fully saturated rings. The Hall–Kier alpha value is -1.11. The summed E-state index contributed by atoms with van der Waals surface area (Å²) in [5.41, 5.74) is 5.71. The fraction of sp³-hybridized carbons (Fsp3) is 0.300. The summed E-state index contributed by atoms with van der Waals surface area (Å²) >= 11 is 5.70. The van der Waals surface area contributed by atoms with Crippen LogP contribution < -0.4 is 15.8 Å². The molecule has 1 aromatic carbocycles. The van der Waals surface area contributed by atoms with E-state index in [1.165, 1.54) is 25.1 Å². The first kappa shape index (κ1) is 16.9. The summed E-state index contributed by atoms with van der Waals surface area (Å²) in [6.07, 6.45) is 0. The van der Waals surface area contributed by atoms with Gasteiger partial charge in [0.2, 0.25) is 5.91 Å². The van der Waals surface area contributed by atoms with Crippen LogP contribution in [0.1, 0.15) is 6.92 Å². The van der Waals surface area contributed by atoms with Crippen molar-refractivity contribution < 1.29 is 18.3 Å². The van der Waals surface area contributed by atoms with Crippen molar-refractivity contribution >= 4 is 35.6 Å². The minimum absolute atomic E-state index is 0. The number of nitrogens with one attached hydrogen (secondary N) is 1. The van der Waals surface area contributed by atoms with Crippen LogP contribution in [0, 0.1) is 0 Å². The minimum atomic E-state index is -2.95. The number of carbonyl (C=O) groups excluding carboxylic acids is 1. The van der Waals surface area contributed by atoms with Gasteiger partial charge in [0.15, 0.2) is 0 Å². The van der Waals surface area contributed by atoms with E-state index in [1.807, 2.05) is 0 Å². The molecule has 0 unspecified atom stereocenters. The molecule has 0 aliphatic heterocycles. The molecule has 0 radical (unpaired) electrons. The lowest BCUT2D eigenvalue weighted by molar-refractivity contribution is -0.117. The Morgan fingerprint density at radius 2 is 2.11 bits per heavy atom. The number of hydrogen-bond acceptors (Lipinski definition) is 3. The molecular formula is C10H12Cl2F2N2O2. The van der Waals surface area contributed by atoms with Crippen molar-refractivity contribution in [2.45, 2.75) is 19.6 Å². The van der Waals surface area contributed by atoms with Gasteiger partial charge in [-0.3, -0.25) is 4.79 Å². The van der Waals surface area contributed by atoms with Crippen LogP contribution in [-0.2, 0) is 4.79 Å². The Kier molecular flexibility index (Phi) is 6.90. The molecule has 0 saturated carbocycles. The molecule has 3 N–H and O–H groups in total. The second-order valence-electron chi connectivity index (χ2n) is 3.30. The molecule has 18 heavy (non-hydrogen) atoms. The lowest BCUT2D eigenvalue weighted by Gasteiger charge is -2.10. The number of nitrogens with two attached hydrogens (primary N) is 1. The molecule has 1 aromatic rings. The maximum absolute atomic E-state index is 11.9. The van der Waals surface area contributed by atoms with Gasteiger partial charge in [-0.05, 0) is 25.1 Å². The number of amides is 1. The standard InChI is InChI=1S/C10H11ClF2N2O2.ClH/c1-5(14)9(16)15-6-2-3-8(7(11)4-6)17-10(12)13;/h2-5,10H,14H2,1H3,(H,15,16);1H/t5-;/m0./s1. The highest BCUT2D eigenvalue weighted by Crippen LogP contribution is 2.28. The molecule has 4 nitrogen and oxygen atoms in total. The second-order valence-corrected chi connectivity index (χ2v) is 3.71. The smallest absolute Gasteiger partial charge is 0.387 e. The maximum Gasteiger partial charge on any atom is 0.387 e. The zero-order chi connectivity index (χ0) is 13.0. The van der Waals surface area contributed by atoms with Crippen LogP contribution in [0.15, 0.2) is 18.2 Å². The average Bonchev–Trinajstić information content (AvgIpc) is 2.21. The number of halogens is 4. The Bertz CT molecular complexity index is 417. The van der Waals surface area contributed by atoms with Crippen molar-refractivity contribution in [1.29, 1.82) is 0 Å². The SMILES string of the molecule is C[C@H](N)C(=O)Nc1ccc(OC(F)F)c(Cl)c1.Cl. The third kappa shape index (κ3) is 5.03. The minimum Gasteiger partial charge on any atom is -0.433 e. The second kappa shape index (κ2) is 7.35. The van der Waals surface area contributed by atoms with Gasteiger partial charge >= 0.3 is 6.61 Å². The molecule has 8 heteroatoms. The molecule has 1 amide bonds. The van der Waals surface area contributed by atoms with Crippen molar-refractivity contribution in [3.05, 3.63) is 23.2 Å². The third-order valence-electron chi connectivity index (χ3n) is 1.83. The Morgan fingerprint density at radius 3 is 2.56 bits per heavy atom. The highest BCUT2D eigenvalue weighted by molar-refractivity contribution is 6.32. The molecule has 0 aliphatic carbocycles. The van der Waals surface area contributed by atoms with Gasteiger partial charge in [-0.25, -0.2) is 0 Å². The van der Waals surface area contributed by atoms with Crippen LogP contribution in [0.3, 0.4) is 0 Å². The largest absolute Gasteiger partial charge is 0.433 e. The Balaban J connectivity index is 0.00000289. The molecule has 0 spiro atoms. The van der Waals surface area contributed by atoms with Crippen LogP contribution >= 0.6 is 24.0 Å². The Labute approximate surface area is 114 Å². The number of hydrogen-bond donors (Lipinski definition) is 2. The number of benzene rings is 1. The van der Waals surface area contributed by atoms with Crippen LogP contribution in [0.2, 0.25) is 5.02 Å². The van der Waals surface area contributed by atoms with Gasteiger partial charge < -0.3 is 15.8 Å². The van der Waals surface area contributed by atoms with Gasteiger partial charge in [-0.15, -0.1) is 12.4 Å². The monoisotopic (exact) mass is 300 g/mol. The topological polar surface area (TPSA) is 64.4 Å². The summed E-state index contributed by atoms with van der Waals surface area (Å²) in [5, 5.41) is 2.45. The van der Waals surface area contributed by atoms with Gasteiger partial charge in [-0.1, -0.05) is 11.6 Å². The molecule has 102 valence electrons. The van der Waals surface area contributed by atoms with Crippen molar-refractivity contribution in [3.8, 4) is 5.75 Å². The normalized spacial score (nSPS) is 11.7. The number of anilines is 1. The van der Waals surface area contributed by atoms with E-state index in [-0.39, 0.29) is 23.2 Å². The van der Waals surface area contributed by atoms with E-state index in [1.54, 1.807) is 0 Å². The van der Waals surface area contributed by atoms with E-state index in [4.69, 9.17) is 17.3 Å². The van der Waals surface area contributed by atoms with E-state index in [0.29, 0.717) is 5.69 Å². The maximum atomic E-state index is 11.9. The fourth-order valence-corrected chi connectivity index (χ4v) is 1.25. The Morgan fingerprint density at radius 1 is 1.50 bits per heavy atom. The van der Waals surface area contributed by atoms with Crippen molar-refractivity contribution in [2.75, 3.05) is 5.32 Å². The molecule has 1 atom stereocenters. The average molecular weight is 301 g/mol. The molecule has 1 rings (SSSR count). The fourth-order valence-electron chi connectivity index (χ4n) is 1.03. The summed E-state index contributed by atoms with van der Waals surface area (Å²) in [6, 6.07) is 3.26. The molecule has 0 saturated heterocycles. The summed E-state index contributed by atoms with van der Waals surface area (Å²) in [4.78, 5) is 11.3. The van der Waals surface area contributed by atoms with E-state index in [2.05, 4.69) is 10.1 Å². The number of ether oxygens (including phenoxy) is 1. The predicted octanol–water partition coefficient (Wildman–Crippen LogP) is 2.65. The van der Waals surface area contributed by atoms with Gasteiger partial charge in [-0.2, -0.15) is 8.78 Å². The zero-order valence-electron chi connectivity index (χ0n) is 9.32. The van der Waals surface area contributed by atoms with Gasteiger partial charge in [0.25, 0.3) is 0 Å². The lowest BCUT2D eigenvalue weighted by atomic mass is 10.2. The highest BCUT2D eigenvalue weighted by atomic mass is 35.5. The molecular weight excluding hydrogens is 289 g/mol. The molecule has 0 aliphatic rings. The van der Waals surface area contributed by atoms with Crippen molar-refractivity contribution in [3.63, 3.8) is 0 Å². The van der Waals surface area contributed by atoms with Crippen molar-refractivity contribution in [2.24, 2.45) is 5.73 Å². The summed E-state index contributed by atoms with van der Waals surface area (Å²) in [7, 11) is 0. The first-order valence-corrected chi connectivity index (χ1v) is 5.08. The third-order valence-corrected chi connectivity index (χ3v) is 2.12. The lowest BCUT2D eigenvalue weighted by Crippen LogP contribution is -2.32. The van der Waals surface area contributed by atoms with E-state index in [9.17, 15) is 13.6 Å². The zero-order valence-corrected chi connectivity index (χ0v) is 10.9. The number of rotatable bonds is 4. The summed E-state index contributed by atoms with van der Waals surface area (Å²) < 4.78 is 28.0. The molecule has 0 heterocycles.